The summed E-state index contributed by atoms with van der Waals surface area (Å²) in [5, 5.41) is 3.88. The van der Waals surface area contributed by atoms with Gasteiger partial charge in [0.15, 0.2) is 11.5 Å². The first-order valence-electron chi connectivity index (χ1n) is 10.6. The zero-order valence-corrected chi connectivity index (χ0v) is 18.2. The standard InChI is InChI=1S/C26H30N2O2/c1-17-10-11-22(27-16-17)24-13-20-14-25(29-3)26(30-4)15-21(20)23(28-24)12-18(2)19-8-6-5-7-9-19/h5-11,14-16,18,23-24,28H,12-13H2,1-4H3/t18?,23-,24-/m1/s1. The normalized spacial score (nSPS) is 19.1. The lowest BCUT2D eigenvalue weighted by molar-refractivity contribution is 0.343. The topological polar surface area (TPSA) is 43.4 Å². The maximum absolute atomic E-state index is 5.60. The zero-order chi connectivity index (χ0) is 21.1. The van der Waals surface area contributed by atoms with Gasteiger partial charge >= 0.3 is 0 Å². The van der Waals surface area contributed by atoms with Gasteiger partial charge in [-0.15, -0.1) is 0 Å². The Kier molecular flexibility index (Phi) is 6.05. The van der Waals surface area contributed by atoms with E-state index in [1.54, 1.807) is 14.2 Å². The summed E-state index contributed by atoms with van der Waals surface area (Å²) < 4.78 is 11.2. The molecule has 0 spiro atoms. The van der Waals surface area contributed by atoms with Gasteiger partial charge in [-0.1, -0.05) is 43.3 Å². The monoisotopic (exact) mass is 402 g/mol. The molecule has 0 bridgehead atoms. The van der Waals surface area contributed by atoms with Gasteiger partial charge in [0, 0.05) is 12.2 Å². The Hall–Kier alpha value is -2.85. The van der Waals surface area contributed by atoms with Crippen LogP contribution in [-0.4, -0.2) is 19.2 Å². The third-order valence-electron chi connectivity index (χ3n) is 6.10. The summed E-state index contributed by atoms with van der Waals surface area (Å²) in [6, 6.07) is 19.6. The van der Waals surface area contributed by atoms with Crippen LogP contribution in [0.15, 0.2) is 60.8 Å². The van der Waals surface area contributed by atoms with Crippen molar-refractivity contribution in [2.24, 2.45) is 0 Å². The van der Waals surface area contributed by atoms with Crippen LogP contribution >= 0.6 is 0 Å². The number of rotatable bonds is 6. The Labute approximate surface area is 179 Å². The maximum atomic E-state index is 5.60. The number of fused-ring (bicyclic) bond motifs is 1. The SMILES string of the molecule is COc1cc2c(cc1OC)[C@@H](CC(C)c1ccccc1)N[C@@H](c1ccc(C)cn1)C2. The van der Waals surface area contributed by atoms with Crippen molar-refractivity contribution >= 4 is 0 Å². The van der Waals surface area contributed by atoms with Crippen molar-refractivity contribution in [3.63, 3.8) is 0 Å². The van der Waals surface area contributed by atoms with Gasteiger partial charge in [-0.05, 0) is 66.1 Å². The van der Waals surface area contributed by atoms with Crippen molar-refractivity contribution < 1.29 is 9.47 Å². The first kappa shape index (κ1) is 20.4. The Bertz CT molecular complexity index is 986. The lowest BCUT2D eigenvalue weighted by Gasteiger charge is -2.35. The van der Waals surface area contributed by atoms with Crippen molar-refractivity contribution in [2.45, 2.75) is 44.7 Å². The first-order chi connectivity index (χ1) is 14.6. The minimum atomic E-state index is 0.171. The average Bonchev–Trinajstić information content (AvgIpc) is 2.79. The van der Waals surface area contributed by atoms with Crippen LogP contribution in [0, 0.1) is 6.92 Å². The van der Waals surface area contributed by atoms with E-state index in [0.29, 0.717) is 5.92 Å². The van der Waals surface area contributed by atoms with Gasteiger partial charge in [0.2, 0.25) is 0 Å². The van der Waals surface area contributed by atoms with E-state index in [0.717, 1.165) is 30.0 Å². The van der Waals surface area contributed by atoms with Crippen LogP contribution in [0.4, 0.5) is 0 Å². The molecule has 0 saturated heterocycles. The highest BCUT2D eigenvalue weighted by Crippen LogP contribution is 2.41. The molecule has 0 saturated carbocycles. The second-order valence-electron chi connectivity index (χ2n) is 8.19. The number of pyridine rings is 1. The van der Waals surface area contributed by atoms with Crippen molar-refractivity contribution in [3.8, 4) is 11.5 Å². The quantitative estimate of drug-likeness (QED) is 0.589. The molecule has 1 aromatic heterocycles. The van der Waals surface area contributed by atoms with Crippen LogP contribution in [0.25, 0.3) is 0 Å². The third kappa shape index (κ3) is 4.19. The highest BCUT2D eigenvalue weighted by atomic mass is 16.5. The summed E-state index contributed by atoms with van der Waals surface area (Å²) in [6.07, 6.45) is 3.82. The Morgan fingerprint density at radius 2 is 1.77 bits per heavy atom. The summed E-state index contributed by atoms with van der Waals surface area (Å²) in [4.78, 5) is 4.70. The summed E-state index contributed by atoms with van der Waals surface area (Å²) in [7, 11) is 3.39. The van der Waals surface area contributed by atoms with E-state index < -0.39 is 0 Å². The number of nitrogens with zero attached hydrogens (tertiary/aromatic N) is 1. The largest absolute Gasteiger partial charge is 0.493 e. The summed E-state index contributed by atoms with van der Waals surface area (Å²) in [5.74, 6) is 1.99. The van der Waals surface area contributed by atoms with Gasteiger partial charge in [0.25, 0.3) is 0 Å². The number of methoxy groups -OCH3 is 2. The number of aryl methyl sites for hydroxylation is 1. The van der Waals surface area contributed by atoms with Crippen LogP contribution in [0.3, 0.4) is 0 Å². The molecule has 3 atom stereocenters. The van der Waals surface area contributed by atoms with E-state index in [2.05, 4.69) is 73.8 Å². The van der Waals surface area contributed by atoms with E-state index in [1.165, 1.54) is 22.3 Å². The van der Waals surface area contributed by atoms with Crippen LogP contribution < -0.4 is 14.8 Å². The molecule has 0 amide bonds. The average molecular weight is 403 g/mol. The van der Waals surface area contributed by atoms with Gasteiger partial charge in [0.1, 0.15) is 0 Å². The molecule has 1 aliphatic rings. The number of hydrogen-bond acceptors (Lipinski definition) is 4. The van der Waals surface area contributed by atoms with E-state index in [4.69, 9.17) is 14.5 Å². The fourth-order valence-electron chi connectivity index (χ4n) is 4.39. The molecule has 2 aromatic carbocycles. The van der Waals surface area contributed by atoms with Crippen molar-refractivity contribution in [1.29, 1.82) is 0 Å². The van der Waals surface area contributed by atoms with E-state index in [-0.39, 0.29) is 12.1 Å². The molecule has 0 fully saturated rings. The second kappa shape index (κ2) is 8.88. The van der Waals surface area contributed by atoms with Crippen molar-refractivity contribution in [1.82, 2.24) is 10.3 Å². The molecule has 1 aliphatic heterocycles. The summed E-state index contributed by atoms with van der Waals surface area (Å²) in [6.45, 7) is 4.37. The minimum absolute atomic E-state index is 0.171. The fraction of sp³-hybridized carbons (Fsp3) is 0.346. The molecule has 1 N–H and O–H groups in total. The number of benzene rings is 2. The first-order valence-corrected chi connectivity index (χ1v) is 10.6. The predicted molar refractivity (Wildman–Crippen MR) is 120 cm³/mol. The highest BCUT2D eigenvalue weighted by Gasteiger charge is 2.30. The van der Waals surface area contributed by atoms with Crippen LogP contribution in [0.2, 0.25) is 0 Å². The summed E-state index contributed by atoms with van der Waals surface area (Å²) >= 11 is 0. The fourth-order valence-corrected chi connectivity index (χ4v) is 4.39. The number of ether oxygens (including phenoxy) is 2. The van der Waals surface area contributed by atoms with Gasteiger partial charge in [-0.25, -0.2) is 0 Å². The van der Waals surface area contributed by atoms with Crippen LogP contribution in [-0.2, 0) is 6.42 Å². The van der Waals surface area contributed by atoms with E-state index in [1.807, 2.05) is 6.20 Å². The van der Waals surface area contributed by atoms with E-state index >= 15 is 0 Å². The molecule has 30 heavy (non-hydrogen) atoms. The minimum Gasteiger partial charge on any atom is -0.493 e. The second-order valence-corrected chi connectivity index (χ2v) is 8.19. The number of nitrogens with one attached hydrogen (secondary N) is 1. The maximum Gasteiger partial charge on any atom is 0.161 e. The summed E-state index contributed by atoms with van der Waals surface area (Å²) in [5.41, 5.74) is 6.20. The lowest BCUT2D eigenvalue weighted by Crippen LogP contribution is -2.34. The van der Waals surface area contributed by atoms with Gasteiger partial charge < -0.3 is 14.8 Å². The molecule has 3 aromatic rings. The Balaban J connectivity index is 1.70. The number of aromatic nitrogens is 1. The van der Waals surface area contributed by atoms with Crippen molar-refractivity contribution in [3.05, 3.63) is 88.7 Å². The van der Waals surface area contributed by atoms with Crippen LogP contribution in [0.5, 0.6) is 11.5 Å². The van der Waals surface area contributed by atoms with Gasteiger partial charge in [-0.3, -0.25) is 4.98 Å². The van der Waals surface area contributed by atoms with Crippen molar-refractivity contribution in [2.75, 3.05) is 14.2 Å². The predicted octanol–water partition coefficient (Wildman–Crippen LogP) is 5.53. The molecule has 1 unspecified atom stereocenters. The number of hydrogen-bond donors (Lipinski definition) is 1. The van der Waals surface area contributed by atoms with Gasteiger partial charge in [0.05, 0.1) is 26.0 Å². The molecule has 4 nitrogen and oxygen atoms in total. The highest BCUT2D eigenvalue weighted by molar-refractivity contribution is 5.50. The van der Waals surface area contributed by atoms with E-state index in [9.17, 15) is 0 Å². The molecule has 2 heterocycles. The lowest BCUT2D eigenvalue weighted by atomic mass is 9.83. The Morgan fingerprint density at radius 1 is 1.03 bits per heavy atom. The molecule has 4 rings (SSSR count). The Morgan fingerprint density at radius 3 is 2.43 bits per heavy atom. The molecular weight excluding hydrogens is 372 g/mol. The third-order valence-corrected chi connectivity index (χ3v) is 6.10. The van der Waals surface area contributed by atoms with Gasteiger partial charge in [-0.2, -0.15) is 0 Å². The molecular formula is C26H30N2O2. The molecule has 0 radical (unpaired) electrons. The molecule has 0 aliphatic carbocycles. The molecule has 156 valence electrons. The smallest absolute Gasteiger partial charge is 0.161 e. The zero-order valence-electron chi connectivity index (χ0n) is 18.2. The molecule has 4 heteroatoms. The van der Waals surface area contributed by atoms with Crippen LogP contribution in [0.1, 0.15) is 59.3 Å².